The Morgan fingerprint density at radius 2 is 1.91 bits per heavy atom. The Morgan fingerprint density at radius 1 is 1.27 bits per heavy atom. The minimum Gasteiger partial charge on any atom is -0.444 e. The number of hydrogen-bond donors (Lipinski definition) is 2. The Labute approximate surface area is 132 Å². The van der Waals surface area contributed by atoms with Crippen molar-refractivity contribution in [2.24, 2.45) is 4.99 Å². The number of rotatable bonds is 3. The maximum absolute atomic E-state index is 12.1. The van der Waals surface area contributed by atoms with Crippen LogP contribution in [-0.4, -0.2) is 60.1 Å². The average molecular weight is 312 g/mol. The fourth-order valence-electron chi connectivity index (χ4n) is 1.91. The first-order valence-corrected chi connectivity index (χ1v) is 7.66. The largest absolute Gasteiger partial charge is 0.444 e. The molecule has 0 aromatic heterocycles. The van der Waals surface area contributed by atoms with Crippen molar-refractivity contribution in [3.63, 3.8) is 0 Å². The van der Waals surface area contributed by atoms with E-state index in [1.54, 1.807) is 11.8 Å². The predicted molar refractivity (Wildman–Crippen MR) is 86.0 cm³/mol. The molecule has 1 heterocycles. The van der Waals surface area contributed by atoms with Crippen molar-refractivity contribution in [2.45, 2.75) is 59.2 Å². The number of amidine groups is 1. The number of ether oxygens (including phenoxy) is 1. The van der Waals surface area contributed by atoms with E-state index in [-0.39, 0.29) is 18.0 Å². The molecule has 0 spiro atoms. The van der Waals surface area contributed by atoms with E-state index in [1.165, 1.54) is 0 Å². The molecule has 2 amide bonds. The van der Waals surface area contributed by atoms with E-state index < -0.39 is 11.6 Å². The van der Waals surface area contributed by atoms with Gasteiger partial charge in [-0.2, -0.15) is 0 Å². The molecule has 0 aromatic rings. The van der Waals surface area contributed by atoms with Gasteiger partial charge in [0.05, 0.1) is 13.1 Å². The number of aliphatic imine (C=N–C) groups is 1. The van der Waals surface area contributed by atoms with E-state index in [0.717, 1.165) is 0 Å². The van der Waals surface area contributed by atoms with Crippen molar-refractivity contribution in [1.29, 1.82) is 0 Å². The van der Waals surface area contributed by atoms with Crippen LogP contribution in [0.1, 0.15) is 41.5 Å². The van der Waals surface area contributed by atoms with Crippen LogP contribution < -0.4 is 10.6 Å². The highest BCUT2D eigenvalue weighted by Crippen LogP contribution is 2.11. The number of carbonyl (C=O) groups is 2. The highest BCUT2D eigenvalue weighted by atomic mass is 16.6. The SMILES string of the molecule is CC(C)NC(=O)C(C)NC1=NCCN(C(=O)OC(C)(C)C)C1. The van der Waals surface area contributed by atoms with Gasteiger partial charge in [0, 0.05) is 12.6 Å². The lowest BCUT2D eigenvalue weighted by atomic mass is 10.2. The Balaban J connectivity index is 2.54. The summed E-state index contributed by atoms with van der Waals surface area (Å²) in [6, 6.07) is -0.317. The molecule has 7 nitrogen and oxygen atoms in total. The van der Waals surface area contributed by atoms with Crippen LogP contribution in [0.25, 0.3) is 0 Å². The van der Waals surface area contributed by atoms with Crippen molar-refractivity contribution < 1.29 is 14.3 Å². The first-order valence-electron chi connectivity index (χ1n) is 7.66. The molecule has 2 N–H and O–H groups in total. The predicted octanol–water partition coefficient (Wildman–Crippen LogP) is 1.14. The summed E-state index contributed by atoms with van der Waals surface area (Å²) in [4.78, 5) is 29.9. The fourth-order valence-corrected chi connectivity index (χ4v) is 1.91. The zero-order valence-electron chi connectivity index (χ0n) is 14.4. The number of amides is 2. The Hall–Kier alpha value is -1.79. The summed E-state index contributed by atoms with van der Waals surface area (Å²) in [5.41, 5.74) is -0.524. The van der Waals surface area contributed by atoms with Crippen molar-refractivity contribution in [3.8, 4) is 0 Å². The van der Waals surface area contributed by atoms with E-state index in [4.69, 9.17) is 4.74 Å². The van der Waals surface area contributed by atoms with Crippen molar-refractivity contribution in [2.75, 3.05) is 19.6 Å². The second-order valence-corrected chi connectivity index (χ2v) is 6.76. The maximum Gasteiger partial charge on any atom is 0.410 e. The van der Waals surface area contributed by atoms with Gasteiger partial charge in [0.25, 0.3) is 0 Å². The Bertz CT molecular complexity index is 441. The smallest absolute Gasteiger partial charge is 0.410 e. The van der Waals surface area contributed by atoms with E-state index >= 15 is 0 Å². The quantitative estimate of drug-likeness (QED) is 0.818. The molecule has 0 fully saturated rings. The standard InChI is InChI=1S/C15H28N4O3/c1-10(2)17-13(20)11(3)18-12-9-19(8-7-16-12)14(21)22-15(4,5)6/h10-11H,7-9H2,1-6H3,(H,16,18)(H,17,20). The number of hydrogen-bond acceptors (Lipinski definition) is 5. The Morgan fingerprint density at radius 3 is 2.45 bits per heavy atom. The molecule has 1 unspecified atom stereocenters. The molecule has 7 heteroatoms. The molecule has 126 valence electrons. The van der Waals surface area contributed by atoms with Gasteiger partial charge in [-0.05, 0) is 41.5 Å². The van der Waals surface area contributed by atoms with Gasteiger partial charge in [0.1, 0.15) is 17.5 Å². The van der Waals surface area contributed by atoms with Crippen LogP contribution in [0.2, 0.25) is 0 Å². The summed E-state index contributed by atoms with van der Waals surface area (Å²) in [5, 5.41) is 5.90. The summed E-state index contributed by atoms with van der Waals surface area (Å²) in [6.07, 6.45) is -0.360. The van der Waals surface area contributed by atoms with E-state index in [9.17, 15) is 9.59 Å². The molecule has 1 atom stereocenters. The van der Waals surface area contributed by atoms with Gasteiger partial charge >= 0.3 is 6.09 Å². The van der Waals surface area contributed by atoms with Crippen LogP contribution in [0.5, 0.6) is 0 Å². The van der Waals surface area contributed by atoms with Gasteiger partial charge in [-0.3, -0.25) is 14.7 Å². The van der Waals surface area contributed by atoms with Crippen molar-refractivity contribution in [3.05, 3.63) is 0 Å². The fraction of sp³-hybridized carbons (Fsp3) is 0.800. The second-order valence-electron chi connectivity index (χ2n) is 6.76. The van der Waals surface area contributed by atoms with E-state index in [0.29, 0.717) is 25.5 Å². The molecule has 0 aliphatic carbocycles. The topological polar surface area (TPSA) is 83.0 Å². The minimum absolute atomic E-state index is 0.0864. The van der Waals surface area contributed by atoms with Crippen LogP contribution in [0.4, 0.5) is 4.79 Å². The number of carbonyl (C=O) groups excluding carboxylic acids is 2. The minimum atomic E-state index is -0.524. The highest BCUT2D eigenvalue weighted by Gasteiger charge is 2.26. The van der Waals surface area contributed by atoms with Gasteiger partial charge < -0.3 is 15.4 Å². The van der Waals surface area contributed by atoms with Crippen LogP contribution in [0, 0.1) is 0 Å². The molecule has 1 aliphatic rings. The van der Waals surface area contributed by atoms with Crippen LogP contribution >= 0.6 is 0 Å². The molecule has 0 saturated carbocycles. The van der Waals surface area contributed by atoms with Crippen LogP contribution in [0.15, 0.2) is 4.99 Å². The lowest BCUT2D eigenvalue weighted by Crippen LogP contribution is -2.52. The zero-order valence-corrected chi connectivity index (χ0v) is 14.4. The third kappa shape index (κ3) is 6.32. The zero-order chi connectivity index (χ0) is 16.9. The normalized spacial score (nSPS) is 16.9. The van der Waals surface area contributed by atoms with Gasteiger partial charge in [0.2, 0.25) is 5.91 Å². The molecule has 1 rings (SSSR count). The first kappa shape index (κ1) is 18.3. The summed E-state index contributed by atoms with van der Waals surface area (Å²) in [5.74, 6) is 0.538. The first-order chi connectivity index (χ1) is 10.1. The lowest BCUT2D eigenvalue weighted by molar-refractivity contribution is -0.122. The molecule has 0 radical (unpaired) electrons. The van der Waals surface area contributed by atoms with Crippen LogP contribution in [-0.2, 0) is 9.53 Å². The third-order valence-electron chi connectivity index (χ3n) is 2.87. The molecule has 0 bridgehead atoms. The lowest BCUT2D eigenvalue weighted by Gasteiger charge is -2.30. The summed E-state index contributed by atoms with van der Waals surface area (Å²) in [7, 11) is 0. The Kier molecular flexibility index (Phi) is 6.20. The summed E-state index contributed by atoms with van der Waals surface area (Å²) < 4.78 is 5.36. The summed E-state index contributed by atoms with van der Waals surface area (Å²) in [6.45, 7) is 12.4. The van der Waals surface area contributed by atoms with Crippen LogP contribution in [0.3, 0.4) is 0 Å². The molecular formula is C15H28N4O3. The van der Waals surface area contributed by atoms with Gasteiger partial charge in [0.15, 0.2) is 0 Å². The molecule has 22 heavy (non-hydrogen) atoms. The second kappa shape index (κ2) is 7.47. The van der Waals surface area contributed by atoms with Gasteiger partial charge in [-0.15, -0.1) is 0 Å². The number of nitrogens with one attached hydrogen (secondary N) is 2. The maximum atomic E-state index is 12.1. The summed E-state index contributed by atoms with van der Waals surface area (Å²) >= 11 is 0. The molecule has 0 aromatic carbocycles. The molecule has 0 saturated heterocycles. The molecule has 1 aliphatic heterocycles. The van der Waals surface area contributed by atoms with E-state index in [1.807, 2.05) is 34.6 Å². The van der Waals surface area contributed by atoms with Crippen molar-refractivity contribution in [1.82, 2.24) is 15.5 Å². The van der Waals surface area contributed by atoms with Gasteiger partial charge in [-0.1, -0.05) is 0 Å². The average Bonchev–Trinajstić information content (AvgIpc) is 2.36. The van der Waals surface area contributed by atoms with Gasteiger partial charge in [-0.25, -0.2) is 4.79 Å². The highest BCUT2D eigenvalue weighted by molar-refractivity contribution is 5.92. The molecular weight excluding hydrogens is 284 g/mol. The van der Waals surface area contributed by atoms with E-state index in [2.05, 4.69) is 15.6 Å². The number of nitrogens with zero attached hydrogens (tertiary/aromatic N) is 2. The monoisotopic (exact) mass is 312 g/mol. The van der Waals surface area contributed by atoms with Crippen molar-refractivity contribution >= 4 is 17.8 Å². The third-order valence-corrected chi connectivity index (χ3v) is 2.87.